The van der Waals surface area contributed by atoms with Gasteiger partial charge in [-0.05, 0) is 24.3 Å². The highest BCUT2D eigenvalue weighted by Crippen LogP contribution is 2.30. The molecule has 0 spiro atoms. The van der Waals surface area contributed by atoms with Gasteiger partial charge in [0.05, 0.1) is 14.2 Å². The topological polar surface area (TPSA) is 76.7 Å². The van der Waals surface area contributed by atoms with Crippen LogP contribution in [0, 0.1) is 0 Å². The largest absolute Gasteiger partial charge is 0.493 e. The lowest BCUT2D eigenvalue weighted by Crippen LogP contribution is -2.23. The summed E-state index contributed by atoms with van der Waals surface area (Å²) in [6, 6.07) is 12.3. The van der Waals surface area contributed by atoms with Crippen molar-refractivity contribution in [2.24, 2.45) is 0 Å². The first kappa shape index (κ1) is 18.3. The van der Waals surface area contributed by atoms with Crippen LogP contribution < -0.4 is 20.1 Å². The molecule has 0 aliphatic rings. The first-order valence-electron chi connectivity index (χ1n) is 7.97. The van der Waals surface area contributed by atoms with Crippen LogP contribution in [0.3, 0.4) is 0 Å². The smallest absolute Gasteiger partial charge is 0.251 e. The number of para-hydroxylation sites is 1. The van der Waals surface area contributed by atoms with Crippen LogP contribution in [-0.4, -0.2) is 26.0 Å². The van der Waals surface area contributed by atoms with Gasteiger partial charge in [0.2, 0.25) is 5.91 Å². The molecule has 6 heteroatoms. The van der Waals surface area contributed by atoms with Crippen LogP contribution in [0.5, 0.6) is 11.5 Å². The van der Waals surface area contributed by atoms with E-state index >= 15 is 0 Å². The fourth-order valence-corrected chi connectivity index (χ4v) is 2.36. The summed E-state index contributed by atoms with van der Waals surface area (Å²) in [5, 5.41) is 5.59. The van der Waals surface area contributed by atoms with Crippen molar-refractivity contribution in [1.29, 1.82) is 0 Å². The molecule has 0 atom stereocenters. The van der Waals surface area contributed by atoms with E-state index in [4.69, 9.17) is 9.47 Å². The maximum absolute atomic E-state index is 12.4. The van der Waals surface area contributed by atoms with Crippen LogP contribution in [0.25, 0.3) is 0 Å². The summed E-state index contributed by atoms with van der Waals surface area (Å²) in [6.45, 7) is 2.07. The van der Waals surface area contributed by atoms with Gasteiger partial charge in [0.1, 0.15) is 0 Å². The fourth-order valence-electron chi connectivity index (χ4n) is 2.36. The molecule has 2 aromatic carbocycles. The van der Waals surface area contributed by atoms with Gasteiger partial charge in [0, 0.05) is 29.8 Å². The Bertz CT molecular complexity index is 759. The van der Waals surface area contributed by atoms with Crippen molar-refractivity contribution < 1.29 is 19.1 Å². The van der Waals surface area contributed by atoms with Crippen molar-refractivity contribution in [2.45, 2.75) is 19.9 Å². The number of hydrogen-bond donors (Lipinski definition) is 2. The summed E-state index contributed by atoms with van der Waals surface area (Å²) >= 11 is 0. The molecule has 132 valence electrons. The average Bonchev–Trinajstić information content (AvgIpc) is 2.65. The molecule has 6 nitrogen and oxygen atoms in total. The third-order valence-electron chi connectivity index (χ3n) is 3.65. The number of anilines is 1. The highest BCUT2D eigenvalue weighted by Gasteiger charge is 2.12. The van der Waals surface area contributed by atoms with Crippen molar-refractivity contribution in [3.63, 3.8) is 0 Å². The average molecular weight is 342 g/mol. The quantitative estimate of drug-likeness (QED) is 0.811. The molecule has 0 unspecified atom stereocenters. The van der Waals surface area contributed by atoms with Gasteiger partial charge in [-0.3, -0.25) is 9.59 Å². The zero-order chi connectivity index (χ0) is 18.2. The van der Waals surface area contributed by atoms with E-state index in [1.54, 1.807) is 51.5 Å². The lowest BCUT2D eigenvalue weighted by Gasteiger charge is -2.13. The van der Waals surface area contributed by atoms with Crippen LogP contribution >= 0.6 is 0 Å². The molecule has 25 heavy (non-hydrogen) atoms. The molecule has 2 rings (SSSR count). The molecule has 0 saturated carbocycles. The minimum absolute atomic E-state index is 0.0984. The van der Waals surface area contributed by atoms with E-state index < -0.39 is 0 Å². The van der Waals surface area contributed by atoms with E-state index in [0.29, 0.717) is 35.7 Å². The molecular formula is C19H22N2O4. The molecule has 0 radical (unpaired) electrons. The number of benzene rings is 2. The summed E-state index contributed by atoms with van der Waals surface area (Å²) in [6.07, 6.45) is 0.381. The second-order valence-electron chi connectivity index (χ2n) is 5.32. The lowest BCUT2D eigenvalue weighted by atomic mass is 10.1. The Morgan fingerprint density at radius 2 is 1.80 bits per heavy atom. The van der Waals surface area contributed by atoms with E-state index in [-0.39, 0.29) is 11.8 Å². The molecule has 2 N–H and O–H groups in total. The maximum Gasteiger partial charge on any atom is 0.251 e. The van der Waals surface area contributed by atoms with Crippen LogP contribution in [0.1, 0.15) is 29.3 Å². The number of hydrogen-bond acceptors (Lipinski definition) is 4. The molecule has 0 fully saturated rings. The third kappa shape index (κ3) is 4.73. The summed E-state index contributed by atoms with van der Waals surface area (Å²) < 4.78 is 10.6. The van der Waals surface area contributed by atoms with Gasteiger partial charge >= 0.3 is 0 Å². The van der Waals surface area contributed by atoms with E-state index in [9.17, 15) is 9.59 Å². The number of carbonyl (C=O) groups is 2. The Balaban J connectivity index is 2.08. The summed E-state index contributed by atoms with van der Waals surface area (Å²) in [5.74, 6) is 0.865. The van der Waals surface area contributed by atoms with Crippen LogP contribution in [-0.2, 0) is 11.3 Å². The summed E-state index contributed by atoms with van der Waals surface area (Å²) in [5.41, 5.74) is 1.87. The Morgan fingerprint density at radius 1 is 1.04 bits per heavy atom. The zero-order valence-corrected chi connectivity index (χ0v) is 14.6. The highest BCUT2D eigenvalue weighted by molar-refractivity contribution is 5.97. The maximum atomic E-state index is 12.4. The van der Waals surface area contributed by atoms with Crippen molar-refractivity contribution in [3.8, 4) is 11.5 Å². The third-order valence-corrected chi connectivity index (χ3v) is 3.65. The lowest BCUT2D eigenvalue weighted by molar-refractivity contribution is -0.115. The van der Waals surface area contributed by atoms with Gasteiger partial charge in [0.15, 0.2) is 11.5 Å². The SMILES string of the molecule is CCC(=O)Nc1cccc(C(=O)NCc2cccc(OC)c2OC)c1. The first-order chi connectivity index (χ1) is 12.1. The zero-order valence-electron chi connectivity index (χ0n) is 14.6. The number of rotatable bonds is 7. The second-order valence-corrected chi connectivity index (χ2v) is 5.32. The molecule has 0 aromatic heterocycles. The molecule has 0 saturated heterocycles. The van der Waals surface area contributed by atoms with Crippen LogP contribution in [0.4, 0.5) is 5.69 Å². The molecule has 0 aliphatic carbocycles. The molecule has 0 bridgehead atoms. The van der Waals surface area contributed by atoms with E-state index in [1.807, 2.05) is 12.1 Å². The Morgan fingerprint density at radius 3 is 2.48 bits per heavy atom. The van der Waals surface area contributed by atoms with Crippen molar-refractivity contribution in [3.05, 3.63) is 53.6 Å². The number of nitrogens with one attached hydrogen (secondary N) is 2. The van der Waals surface area contributed by atoms with Crippen molar-refractivity contribution in [1.82, 2.24) is 5.32 Å². The summed E-state index contributed by atoms with van der Waals surface area (Å²) in [4.78, 5) is 23.9. The van der Waals surface area contributed by atoms with Gasteiger partial charge in [-0.15, -0.1) is 0 Å². The van der Waals surface area contributed by atoms with Crippen LogP contribution in [0.15, 0.2) is 42.5 Å². The van der Waals surface area contributed by atoms with Gasteiger partial charge in [-0.25, -0.2) is 0 Å². The van der Waals surface area contributed by atoms with Crippen molar-refractivity contribution >= 4 is 17.5 Å². The van der Waals surface area contributed by atoms with Gasteiger partial charge < -0.3 is 20.1 Å². The highest BCUT2D eigenvalue weighted by atomic mass is 16.5. The Kier molecular flexibility index (Phi) is 6.39. The molecule has 2 amide bonds. The van der Waals surface area contributed by atoms with E-state index in [1.165, 1.54) is 0 Å². The second kappa shape index (κ2) is 8.73. The van der Waals surface area contributed by atoms with Crippen molar-refractivity contribution in [2.75, 3.05) is 19.5 Å². The summed E-state index contributed by atoms with van der Waals surface area (Å²) in [7, 11) is 3.12. The van der Waals surface area contributed by atoms with Crippen LogP contribution in [0.2, 0.25) is 0 Å². The van der Waals surface area contributed by atoms with Gasteiger partial charge in [0.25, 0.3) is 5.91 Å². The Hall–Kier alpha value is -3.02. The number of methoxy groups -OCH3 is 2. The molecular weight excluding hydrogens is 320 g/mol. The standard InChI is InChI=1S/C19H22N2O4/c1-4-17(22)21-15-9-5-7-13(11-15)19(23)20-12-14-8-6-10-16(24-2)18(14)25-3/h5-11H,4,12H2,1-3H3,(H,20,23)(H,21,22). The fraction of sp³-hybridized carbons (Fsp3) is 0.263. The predicted octanol–water partition coefficient (Wildman–Crippen LogP) is 2.98. The molecule has 0 aliphatic heterocycles. The normalized spacial score (nSPS) is 10.0. The number of carbonyl (C=O) groups excluding carboxylic acids is 2. The predicted molar refractivity (Wildman–Crippen MR) is 96.1 cm³/mol. The molecule has 0 heterocycles. The first-order valence-corrected chi connectivity index (χ1v) is 7.97. The Labute approximate surface area is 147 Å². The van der Waals surface area contributed by atoms with Gasteiger partial charge in [-0.2, -0.15) is 0 Å². The van der Waals surface area contributed by atoms with E-state index in [0.717, 1.165) is 5.56 Å². The number of amides is 2. The van der Waals surface area contributed by atoms with E-state index in [2.05, 4.69) is 10.6 Å². The minimum Gasteiger partial charge on any atom is -0.493 e. The van der Waals surface area contributed by atoms with Gasteiger partial charge in [-0.1, -0.05) is 25.1 Å². The minimum atomic E-state index is -0.238. The monoisotopic (exact) mass is 342 g/mol. The molecule has 2 aromatic rings. The number of ether oxygens (including phenoxy) is 2.